The lowest BCUT2D eigenvalue weighted by molar-refractivity contribution is -0.132. The predicted octanol–water partition coefficient (Wildman–Crippen LogP) is 3.73. The molecule has 156 valence electrons. The monoisotopic (exact) mass is 422 g/mol. The number of amides is 1. The summed E-state index contributed by atoms with van der Waals surface area (Å²) < 4.78 is 52.4. The Morgan fingerprint density at radius 1 is 1.07 bits per heavy atom. The van der Waals surface area contributed by atoms with E-state index < -0.39 is 15.8 Å². The molecular formula is C21H24F2N2O3S. The van der Waals surface area contributed by atoms with Crippen molar-refractivity contribution < 1.29 is 22.0 Å². The van der Waals surface area contributed by atoms with Gasteiger partial charge in [-0.25, -0.2) is 21.5 Å². The number of rotatable bonds is 7. The summed E-state index contributed by atoms with van der Waals surface area (Å²) in [7, 11) is -2.28. The molecule has 1 atom stereocenters. The van der Waals surface area contributed by atoms with Gasteiger partial charge in [0, 0.05) is 26.6 Å². The molecular weight excluding hydrogens is 398 g/mol. The maximum absolute atomic E-state index is 13.2. The molecule has 0 bridgehead atoms. The molecule has 0 spiro atoms. The number of nitrogens with zero attached hydrogens (tertiary/aromatic N) is 2. The van der Waals surface area contributed by atoms with E-state index in [0.717, 1.165) is 30.5 Å². The highest BCUT2D eigenvalue weighted by molar-refractivity contribution is 7.89. The van der Waals surface area contributed by atoms with Crippen molar-refractivity contribution in [3.63, 3.8) is 0 Å². The highest BCUT2D eigenvalue weighted by Crippen LogP contribution is 2.32. The van der Waals surface area contributed by atoms with Crippen molar-refractivity contribution in [1.29, 1.82) is 0 Å². The Morgan fingerprint density at radius 3 is 2.28 bits per heavy atom. The van der Waals surface area contributed by atoms with Crippen LogP contribution in [0.2, 0.25) is 0 Å². The van der Waals surface area contributed by atoms with Gasteiger partial charge < -0.3 is 4.90 Å². The van der Waals surface area contributed by atoms with E-state index in [9.17, 15) is 22.0 Å². The van der Waals surface area contributed by atoms with Crippen molar-refractivity contribution in [3.05, 3.63) is 65.7 Å². The average Bonchev–Trinajstić information content (AvgIpc) is 3.18. The van der Waals surface area contributed by atoms with Crippen molar-refractivity contribution in [2.24, 2.45) is 0 Å². The molecule has 8 heteroatoms. The SMILES string of the molecule is CN(CCCC(=O)N1CCCC1c1ccc(F)cc1)S(=O)(=O)c1ccc(F)cc1. The molecule has 1 aliphatic heterocycles. The van der Waals surface area contributed by atoms with Gasteiger partial charge >= 0.3 is 0 Å². The van der Waals surface area contributed by atoms with E-state index in [2.05, 4.69) is 0 Å². The molecule has 0 aromatic heterocycles. The molecule has 3 rings (SSSR count). The van der Waals surface area contributed by atoms with Gasteiger partial charge in [0.15, 0.2) is 0 Å². The molecule has 0 aliphatic carbocycles. The van der Waals surface area contributed by atoms with Gasteiger partial charge in [-0.05, 0) is 61.2 Å². The van der Waals surface area contributed by atoms with E-state index in [1.54, 1.807) is 17.0 Å². The second kappa shape index (κ2) is 9.00. The Labute approximate surface area is 170 Å². The molecule has 1 saturated heterocycles. The summed E-state index contributed by atoms with van der Waals surface area (Å²) in [6.07, 6.45) is 2.31. The highest BCUT2D eigenvalue weighted by Gasteiger charge is 2.30. The topological polar surface area (TPSA) is 57.7 Å². The third-order valence-corrected chi connectivity index (χ3v) is 7.08. The lowest BCUT2D eigenvalue weighted by atomic mass is 10.0. The smallest absolute Gasteiger partial charge is 0.242 e. The molecule has 0 saturated carbocycles. The van der Waals surface area contributed by atoms with Crippen LogP contribution in [0.3, 0.4) is 0 Å². The van der Waals surface area contributed by atoms with E-state index in [0.29, 0.717) is 13.0 Å². The number of hydrogen-bond acceptors (Lipinski definition) is 3. The third kappa shape index (κ3) is 5.00. The van der Waals surface area contributed by atoms with Gasteiger partial charge in [0.25, 0.3) is 0 Å². The van der Waals surface area contributed by atoms with E-state index in [-0.39, 0.29) is 35.6 Å². The number of carbonyl (C=O) groups is 1. The molecule has 1 heterocycles. The molecule has 1 fully saturated rings. The van der Waals surface area contributed by atoms with Gasteiger partial charge in [0.1, 0.15) is 11.6 Å². The maximum atomic E-state index is 13.2. The Kier molecular flexibility index (Phi) is 6.64. The summed E-state index contributed by atoms with van der Waals surface area (Å²) in [4.78, 5) is 14.5. The summed E-state index contributed by atoms with van der Waals surface area (Å²) in [6.45, 7) is 0.825. The minimum Gasteiger partial charge on any atom is -0.336 e. The maximum Gasteiger partial charge on any atom is 0.242 e. The Bertz CT molecular complexity index is 947. The summed E-state index contributed by atoms with van der Waals surface area (Å²) in [6, 6.07) is 10.8. The summed E-state index contributed by atoms with van der Waals surface area (Å²) >= 11 is 0. The van der Waals surface area contributed by atoms with Crippen LogP contribution in [0.1, 0.15) is 37.3 Å². The molecule has 29 heavy (non-hydrogen) atoms. The molecule has 1 unspecified atom stereocenters. The van der Waals surface area contributed by atoms with Crippen LogP contribution in [0.15, 0.2) is 53.4 Å². The molecule has 1 aliphatic rings. The van der Waals surface area contributed by atoms with E-state index in [1.165, 1.54) is 35.6 Å². The van der Waals surface area contributed by atoms with Gasteiger partial charge in [0.2, 0.25) is 15.9 Å². The van der Waals surface area contributed by atoms with E-state index in [4.69, 9.17) is 0 Å². The van der Waals surface area contributed by atoms with Crippen molar-refractivity contribution in [1.82, 2.24) is 9.21 Å². The standard InChI is InChI=1S/C21H24F2N2O3S/c1-24(29(27,28)19-12-10-18(23)11-13-19)14-3-5-21(26)25-15-2-4-20(25)16-6-8-17(22)9-7-16/h6-13,20H,2-5,14-15H2,1H3. The van der Waals surface area contributed by atoms with Gasteiger partial charge in [0.05, 0.1) is 10.9 Å². The first-order valence-corrected chi connectivity index (χ1v) is 11.0. The number of likely N-dealkylation sites (tertiary alicyclic amines) is 1. The van der Waals surface area contributed by atoms with Crippen LogP contribution < -0.4 is 0 Å². The molecule has 1 amide bonds. The average molecular weight is 422 g/mol. The van der Waals surface area contributed by atoms with Crippen LogP contribution in [-0.2, 0) is 14.8 Å². The normalized spacial score (nSPS) is 17.1. The van der Waals surface area contributed by atoms with Gasteiger partial charge in [-0.15, -0.1) is 0 Å². The lowest BCUT2D eigenvalue weighted by Gasteiger charge is -2.25. The lowest BCUT2D eigenvalue weighted by Crippen LogP contribution is -2.32. The van der Waals surface area contributed by atoms with Crippen LogP contribution in [0.4, 0.5) is 8.78 Å². The third-order valence-electron chi connectivity index (χ3n) is 5.21. The van der Waals surface area contributed by atoms with Gasteiger partial charge in [-0.1, -0.05) is 12.1 Å². The van der Waals surface area contributed by atoms with Crippen LogP contribution in [0.5, 0.6) is 0 Å². The first-order valence-electron chi connectivity index (χ1n) is 9.56. The summed E-state index contributed by atoms with van der Waals surface area (Å²) in [5.41, 5.74) is 0.910. The Balaban J connectivity index is 1.56. The predicted molar refractivity (Wildman–Crippen MR) is 106 cm³/mol. The molecule has 0 N–H and O–H groups in total. The fourth-order valence-corrected chi connectivity index (χ4v) is 4.81. The first-order chi connectivity index (χ1) is 13.8. The van der Waals surface area contributed by atoms with Crippen LogP contribution >= 0.6 is 0 Å². The fourth-order valence-electron chi connectivity index (χ4n) is 3.60. The van der Waals surface area contributed by atoms with Crippen molar-refractivity contribution in [3.8, 4) is 0 Å². The van der Waals surface area contributed by atoms with Crippen LogP contribution in [0, 0.1) is 11.6 Å². The number of halogens is 2. The zero-order chi connectivity index (χ0) is 21.0. The van der Waals surface area contributed by atoms with Crippen molar-refractivity contribution in [2.75, 3.05) is 20.1 Å². The minimum atomic E-state index is -3.72. The Morgan fingerprint density at radius 2 is 1.66 bits per heavy atom. The van der Waals surface area contributed by atoms with E-state index in [1.807, 2.05) is 0 Å². The highest BCUT2D eigenvalue weighted by atomic mass is 32.2. The quantitative estimate of drug-likeness (QED) is 0.683. The van der Waals surface area contributed by atoms with Crippen molar-refractivity contribution in [2.45, 2.75) is 36.6 Å². The minimum absolute atomic E-state index is 0.0173. The summed E-state index contributed by atoms with van der Waals surface area (Å²) in [5.74, 6) is -0.849. The second-order valence-corrected chi connectivity index (χ2v) is 9.23. The Hall–Kier alpha value is -2.32. The van der Waals surface area contributed by atoms with Crippen LogP contribution in [0.25, 0.3) is 0 Å². The van der Waals surface area contributed by atoms with Gasteiger partial charge in [-0.3, -0.25) is 4.79 Å². The second-order valence-electron chi connectivity index (χ2n) is 7.18. The summed E-state index contributed by atoms with van der Waals surface area (Å²) in [5, 5.41) is 0. The molecule has 5 nitrogen and oxygen atoms in total. The molecule has 0 radical (unpaired) electrons. The van der Waals surface area contributed by atoms with Crippen LogP contribution in [-0.4, -0.2) is 43.7 Å². The molecule has 2 aromatic rings. The fraction of sp³-hybridized carbons (Fsp3) is 0.381. The largest absolute Gasteiger partial charge is 0.336 e. The number of benzene rings is 2. The van der Waals surface area contributed by atoms with Crippen molar-refractivity contribution >= 4 is 15.9 Å². The zero-order valence-corrected chi connectivity index (χ0v) is 17.0. The number of carbonyl (C=O) groups excluding carboxylic acids is 1. The van der Waals surface area contributed by atoms with E-state index >= 15 is 0 Å². The molecule has 2 aromatic carbocycles. The zero-order valence-electron chi connectivity index (χ0n) is 16.2. The number of sulfonamides is 1. The number of hydrogen-bond donors (Lipinski definition) is 0. The van der Waals surface area contributed by atoms with Gasteiger partial charge in [-0.2, -0.15) is 0 Å². The first kappa shape index (κ1) is 21.4.